The molecule has 1 aliphatic rings. The van der Waals surface area contributed by atoms with Gasteiger partial charge in [-0.2, -0.15) is 12.6 Å². The van der Waals surface area contributed by atoms with Crippen molar-refractivity contribution in [3.63, 3.8) is 0 Å². The topological polar surface area (TPSA) is 66.5 Å². The van der Waals surface area contributed by atoms with Crippen LogP contribution in [0.4, 0.5) is 0 Å². The van der Waals surface area contributed by atoms with Gasteiger partial charge >= 0.3 is 0 Å². The van der Waals surface area contributed by atoms with E-state index in [2.05, 4.69) is 17.9 Å². The molecule has 6 heteroatoms. The summed E-state index contributed by atoms with van der Waals surface area (Å²) in [4.78, 5) is 36.3. The number of hydrogen-bond donors (Lipinski definition) is 2. The molecule has 1 aliphatic heterocycles. The lowest BCUT2D eigenvalue weighted by molar-refractivity contribution is -0.150. The molecule has 1 heterocycles. The van der Waals surface area contributed by atoms with Crippen LogP contribution in [0.1, 0.15) is 27.2 Å². The molecule has 1 fully saturated rings. The first-order valence-corrected chi connectivity index (χ1v) is 6.22. The summed E-state index contributed by atoms with van der Waals surface area (Å²) in [6, 6.07) is -0.561. The summed E-state index contributed by atoms with van der Waals surface area (Å²) >= 11 is 4.23. The predicted octanol–water partition coefficient (Wildman–Crippen LogP) is 0.204. The van der Waals surface area contributed by atoms with Crippen molar-refractivity contribution in [3.05, 3.63) is 0 Å². The first-order chi connectivity index (χ1) is 7.88. The van der Waals surface area contributed by atoms with E-state index < -0.39 is 23.1 Å². The number of carbonyl (C=O) groups is 3. The Kier molecular flexibility index (Phi) is 4.56. The van der Waals surface area contributed by atoms with Crippen molar-refractivity contribution in [2.24, 2.45) is 5.92 Å². The Morgan fingerprint density at radius 1 is 1.53 bits per heavy atom. The molecule has 2 unspecified atom stereocenters. The Bertz CT molecular complexity index is 344. The third-order valence-corrected chi connectivity index (χ3v) is 3.63. The van der Waals surface area contributed by atoms with Gasteiger partial charge in [0.15, 0.2) is 0 Å². The summed E-state index contributed by atoms with van der Waals surface area (Å²) in [6.07, 6.45) is 0.490. The van der Waals surface area contributed by atoms with Gasteiger partial charge in [0.25, 0.3) is 0 Å². The van der Waals surface area contributed by atoms with Gasteiger partial charge < -0.3 is 4.90 Å². The zero-order valence-electron chi connectivity index (χ0n) is 10.3. The molecule has 0 aromatic carbocycles. The monoisotopic (exact) mass is 258 g/mol. The number of hydrogen-bond acceptors (Lipinski definition) is 4. The molecule has 0 bridgehead atoms. The average Bonchev–Trinajstić information content (AvgIpc) is 2.25. The zero-order chi connectivity index (χ0) is 13.2. The standard InChI is InChI=1S/C11H18N2O3S/c1-4-7-10(15)12-8(14)5-13(7)11(16)9(17)6(2)3/h6-7,9,17H,4-5H2,1-3H3,(H,12,14,15). The van der Waals surface area contributed by atoms with E-state index in [0.29, 0.717) is 6.42 Å². The van der Waals surface area contributed by atoms with E-state index in [1.165, 1.54) is 4.90 Å². The fraction of sp³-hybridized carbons (Fsp3) is 0.727. The summed E-state index contributed by atoms with van der Waals surface area (Å²) < 4.78 is 0. The maximum absolute atomic E-state index is 12.1. The molecule has 1 rings (SSSR count). The molecule has 17 heavy (non-hydrogen) atoms. The van der Waals surface area contributed by atoms with E-state index in [9.17, 15) is 14.4 Å². The van der Waals surface area contributed by atoms with Crippen LogP contribution in [-0.4, -0.2) is 40.5 Å². The molecule has 1 N–H and O–H groups in total. The van der Waals surface area contributed by atoms with Crippen LogP contribution in [0.5, 0.6) is 0 Å². The number of piperazine rings is 1. The third kappa shape index (κ3) is 3.00. The Labute approximate surface area is 106 Å². The molecular weight excluding hydrogens is 240 g/mol. The third-order valence-electron chi connectivity index (χ3n) is 2.81. The predicted molar refractivity (Wildman–Crippen MR) is 66.6 cm³/mol. The normalized spacial score (nSPS) is 22.6. The van der Waals surface area contributed by atoms with Crippen LogP contribution in [0.3, 0.4) is 0 Å². The fourth-order valence-electron chi connectivity index (χ4n) is 1.76. The molecule has 5 nitrogen and oxygen atoms in total. The van der Waals surface area contributed by atoms with Gasteiger partial charge in [0.05, 0.1) is 5.25 Å². The van der Waals surface area contributed by atoms with Crippen molar-refractivity contribution in [2.75, 3.05) is 6.54 Å². The van der Waals surface area contributed by atoms with Crippen molar-refractivity contribution >= 4 is 30.4 Å². The first-order valence-electron chi connectivity index (χ1n) is 5.70. The second kappa shape index (κ2) is 5.53. The lowest BCUT2D eigenvalue weighted by Crippen LogP contribution is -2.61. The maximum Gasteiger partial charge on any atom is 0.249 e. The summed E-state index contributed by atoms with van der Waals surface area (Å²) in [5, 5.41) is 1.75. The van der Waals surface area contributed by atoms with Crippen LogP contribution < -0.4 is 5.32 Å². The second-order valence-corrected chi connectivity index (χ2v) is 5.05. The Hall–Kier alpha value is -1.04. The summed E-state index contributed by atoms with van der Waals surface area (Å²) in [7, 11) is 0. The molecule has 3 amide bonds. The Balaban J connectivity index is 2.88. The highest BCUT2D eigenvalue weighted by Crippen LogP contribution is 2.17. The number of nitrogens with one attached hydrogen (secondary N) is 1. The molecule has 0 aromatic heterocycles. The minimum Gasteiger partial charge on any atom is -0.320 e. The van der Waals surface area contributed by atoms with Crippen LogP contribution in [-0.2, 0) is 14.4 Å². The van der Waals surface area contributed by atoms with Crippen LogP contribution in [0.15, 0.2) is 0 Å². The molecule has 96 valence electrons. The Morgan fingerprint density at radius 2 is 2.12 bits per heavy atom. The van der Waals surface area contributed by atoms with E-state index in [1.54, 1.807) is 0 Å². The van der Waals surface area contributed by atoms with Crippen molar-refractivity contribution in [3.8, 4) is 0 Å². The van der Waals surface area contributed by atoms with Crippen LogP contribution in [0, 0.1) is 5.92 Å². The highest BCUT2D eigenvalue weighted by Gasteiger charge is 2.37. The van der Waals surface area contributed by atoms with Gasteiger partial charge in [0.2, 0.25) is 17.7 Å². The van der Waals surface area contributed by atoms with Gasteiger partial charge in [-0.3, -0.25) is 19.7 Å². The Morgan fingerprint density at radius 3 is 2.59 bits per heavy atom. The van der Waals surface area contributed by atoms with Gasteiger partial charge in [0, 0.05) is 0 Å². The minimum atomic E-state index is -0.561. The number of carbonyl (C=O) groups excluding carboxylic acids is 3. The lowest BCUT2D eigenvalue weighted by Gasteiger charge is -2.35. The quantitative estimate of drug-likeness (QED) is 0.561. The highest BCUT2D eigenvalue weighted by molar-refractivity contribution is 7.81. The SMILES string of the molecule is CCC1C(=O)NC(=O)CN1C(=O)C(S)C(C)C. The molecular formula is C11H18N2O3S. The molecule has 0 saturated carbocycles. The summed E-state index contributed by atoms with van der Waals surface area (Å²) in [5.41, 5.74) is 0. The number of thiol groups is 1. The number of rotatable bonds is 3. The summed E-state index contributed by atoms with van der Waals surface area (Å²) in [6.45, 7) is 5.50. The van der Waals surface area contributed by atoms with Gasteiger partial charge in [-0.05, 0) is 12.3 Å². The van der Waals surface area contributed by atoms with Crippen LogP contribution >= 0.6 is 12.6 Å². The van der Waals surface area contributed by atoms with Crippen molar-refractivity contribution < 1.29 is 14.4 Å². The fourth-order valence-corrected chi connectivity index (χ4v) is 1.91. The van der Waals surface area contributed by atoms with Crippen LogP contribution in [0.25, 0.3) is 0 Å². The average molecular weight is 258 g/mol. The molecule has 1 saturated heterocycles. The maximum atomic E-state index is 12.1. The first kappa shape index (κ1) is 14.0. The number of imide groups is 1. The van der Waals surface area contributed by atoms with Gasteiger partial charge in [0.1, 0.15) is 12.6 Å². The molecule has 0 aliphatic carbocycles. The van der Waals surface area contributed by atoms with Crippen LogP contribution in [0.2, 0.25) is 0 Å². The number of nitrogens with zero attached hydrogens (tertiary/aromatic N) is 1. The van der Waals surface area contributed by atoms with E-state index in [0.717, 1.165) is 0 Å². The van der Waals surface area contributed by atoms with E-state index in [4.69, 9.17) is 0 Å². The smallest absolute Gasteiger partial charge is 0.249 e. The van der Waals surface area contributed by atoms with E-state index in [1.807, 2.05) is 20.8 Å². The van der Waals surface area contributed by atoms with Gasteiger partial charge in [-0.25, -0.2) is 0 Å². The summed E-state index contributed by atoms with van der Waals surface area (Å²) in [5.74, 6) is -1.03. The largest absolute Gasteiger partial charge is 0.320 e. The second-order valence-electron chi connectivity index (χ2n) is 4.49. The highest BCUT2D eigenvalue weighted by atomic mass is 32.1. The minimum absolute atomic E-state index is 0.0587. The molecule has 0 spiro atoms. The van der Waals surface area contributed by atoms with Gasteiger partial charge in [-0.1, -0.05) is 20.8 Å². The van der Waals surface area contributed by atoms with E-state index in [-0.39, 0.29) is 18.4 Å². The zero-order valence-corrected chi connectivity index (χ0v) is 11.2. The van der Waals surface area contributed by atoms with Crippen molar-refractivity contribution in [2.45, 2.75) is 38.5 Å². The van der Waals surface area contributed by atoms with E-state index >= 15 is 0 Å². The molecule has 0 aromatic rings. The molecule has 2 atom stereocenters. The lowest BCUT2D eigenvalue weighted by atomic mass is 10.0. The van der Waals surface area contributed by atoms with Crippen molar-refractivity contribution in [1.82, 2.24) is 10.2 Å². The van der Waals surface area contributed by atoms with Gasteiger partial charge in [-0.15, -0.1) is 0 Å². The number of amides is 3. The molecule has 0 radical (unpaired) electrons. The van der Waals surface area contributed by atoms with Crippen molar-refractivity contribution in [1.29, 1.82) is 0 Å².